The van der Waals surface area contributed by atoms with Crippen molar-refractivity contribution in [3.05, 3.63) is 0 Å². The first-order valence-corrected chi connectivity index (χ1v) is 7.18. The highest BCUT2D eigenvalue weighted by Crippen LogP contribution is 2.33. The molecule has 2 aliphatic rings. The summed E-state index contributed by atoms with van der Waals surface area (Å²) in [5, 5.41) is 7.33. The van der Waals surface area contributed by atoms with Gasteiger partial charge >= 0.3 is 0 Å². The Hall–Kier alpha value is -0.0800. The summed E-state index contributed by atoms with van der Waals surface area (Å²) in [6.07, 6.45) is 8.29. The first-order chi connectivity index (χ1) is 7.74. The van der Waals surface area contributed by atoms with Crippen LogP contribution in [0.2, 0.25) is 0 Å². The summed E-state index contributed by atoms with van der Waals surface area (Å²) in [7, 11) is 0. The molecule has 2 nitrogen and oxygen atoms in total. The average Bonchev–Trinajstić information content (AvgIpc) is 2.74. The summed E-state index contributed by atoms with van der Waals surface area (Å²) in [6, 6.07) is 0.813. The Kier molecular flexibility index (Phi) is 4.26. The molecule has 1 aliphatic carbocycles. The maximum absolute atomic E-state index is 3.85. The first kappa shape index (κ1) is 12.4. The molecule has 2 N–H and O–H groups in total. The van der Waals surface area contributed by atoms with E-state index in [0.717, 1.165) is 12.0 Å². The Balaban J connectivity index is 1.78. The Bertz CT molecular complexity index is 209. The van der Waals surface area contributed by atoms with E-state index in [2.05, 4.69) is 24.5 Å². The van der Waals surface area contributed by atoms with Gasteiger partial charge in [-0.1, -0.05) is 13.8 Å². The van der Waals surface area contributed by atoms with E-state index in [4.69, 9.17) is 0 Å². The standard InChI is InChI=1S/C14H28N2/c1-3-14(6-8-15-9-7-14)11-16-13-5-4-12(2)10-13/h12-13,15-16H,3-11H2,1-2H3. The number of rotatable bonds is 4. The van der Waals surface area contributed by atoms with Gasteiger partial charge in [0.15, 0.2) is 0 Å². The average molecular weight is 224 g/mol. The Morgan fingerprint density at radius 2 is 2.00 bits per heavy atom. The van der Waals surface area contributed by atoms with E-state index in [1.807, 2.05) is 0 Å². The third kappa shape index (κ3) is 2.98. The van der Waals surface area contributed by atoms with Gasteiger partial charge < -0.3 is 10.6 Å². The van der Waals surface area contributed by atoms with Gasteiger partial charge in [-0.05, 0) is 62.9 Å². The number of piperidine rings is 1. The highest BCUT2D eigenvalue weighted by atomic mass is 14.9. The molecule has 0 bridgehead atoms. The molecule has 2 unspecified atom stereocenters. The van der Waals surface area contributed by atoms with Crippen LogP contribution in [0.5, 0.6) is 0 Å². The van der Waals surface area contributed by atoms with Crippen molar-refractivity contribution in [2.45, 2.75) is 58.4 Å². The molecule has 94 valence electrons. The lowest BCUT2D eigenvalue weighted by atomic mass is 9.76. The van der Waals surface area contributed by atoms with Crippen molar-refractivity contribution in [3.63, 3.8) is 0 Å². The molecule has 1 heterocycles. The van der Waals surface area contributed by atoms with Crippen LogP contribution in [-0.4, -0.2) is 25.7 Å². The van der Waals surface area contributed by atoms with Gasteiger partial charge in [0.1, 0.15) is 0 Å². The van der Waals surface area contributed by atoms with Crippen LogP contribution in [0.15, 0.2) is 0 Å². The zero-order valence-corrected chi connectivity index (χ0v) is 11.0. The van der Waals surface area contributed by atoms with Crippen molar-refractivity contribution < 1.29 is 0 Å². The van der Waals surface area contributed by atoms with Gasteiger partial charge in [0.05, 0.1) is 0 Å². The maximum Gasteiger partial charge on any atom is 0.00699 e. The van der Waals surface area contributed by atoms with E-state index < -0.39 is 0 Å². The predicted octanol–water partition coefficient (Wildman–Crippen LogP) is 2.54. The molecule has 0 aromatic rings. The minimum Gasteiger partial charge on any atom is -0.317 e. The molecule has 1 saturated carbocycles. The van der Waals surface area contributed by atoms with Crippen LogP contribution in [-0.2, 0) is 0 Å². The van der Waals surface area contributed by atoms with Crippen molar-refractivity contribution in [1.29, 1.82) is 0 Å². The lowest BCUT2D eigenvalue weighted by molar-refractivity contribution is 0.179. The SMILES string of the molecule is CCC1(CNC2CCC(C)C2)CCNCC1. The van der Waals surface area contributed by atoms with Gasteiger partial charge in [-0.15, -0.1) is 0 Å². The number of hydrogen-bond acceptors (Lipinski definition) is 2. The molecule has 1 saturated heterocycles. The van der Waals surface area contributed by atoms with Crippen molar-refractivity contribution in [2.24, 2.45) is 11.3 Å². The molecule has 2 heteroatoms. The molecule has 0 aromatic heterocycles. The normalized spacial score (nSPS) is 34.1. The second kappa shape index (κ2) is 5.50. The van der Waals surface area contributed by atoms with E-state index in [9.17, 15) is 0 Å². The van der Waals surface area contributed by atoms with E-state index in [0.29, 0.717) is 5.41 Å². The Morgan fingerprint density at radius 1 is 1.25 bits per heavy atom. The van der Waals surface area contributed by atoms with Gasteiger partial charge in [-0.2, -0.15) is 0 Å². The zero-order chi connectivity index (χ0) is 11.4. The molecule has 1 aliphatic heterocycles. The van der Waals surface area contributed by atoms with Crippen LogP contribution in [0, 0.1) is 11.3 Å². The summed E-state index contributed by atoms with van der Waals surface area (Å²) in [6.45, 7) is 8.45. The van der Waals surface area contributed by atoms with Crippen LogP contribution in [0.4, 0.5) is 0 Å². The van der Waals surface area contributed by atoms with Crippen molar-refractivity contribution >= 4 is 0 Å². The fourth-order valence-corrected chi connectivity index (χ4v) is 3.37. The topological polar surface area (TPSA) is 24.1 Å². The highest BCUT2D eigenvalue weighted by Gasteiger charge is 2.31. The van der Waals surface area contributed by atoms with Crippen molar-refractivity contribution in [3.8, 4) is 0 Å². The molecule has 0 amide bonds. The van der Waals surface area contributed by atoms with E-state index in [1.165, 1.54) is 58.2 Å². The second-order valence-corrected chi connectivity index (χ2v) is 6.10. The Labute approximate surface area is 101 Å². The summed E-state index contributed by atoms with van der Waals surface area (Å²) in [4.78, 5) is 0. The van der Waals surface area contributed by atoms with Crippen LogP contribution in [0.25, 0.3) is 0 Å². The molecule has 2 rings (SSSR count). The number of hydrogen-bond donors (Lipinski definition) is 2. The quantitative estimate of drug-likeness (QED) is 0.767. The van der Waals surface area contributed by atoms with Crippen LogP contribution >= 0.6 is 0 Å². The van der Waals surface area contributed by atoms with Gasteiger partial charge in [-0.3, -0.25) is 0 Å². The number of nitrogens with one attached hydrogen (secondary N) is 2. The van der Waals surface area contributed by atoms with E-state index >= 15 is 0 Å². The molecular formula is C14H28N2. The molecule has 0 aromatic carbocycles. The highest BCUT2D eigenvalue weighted by molar-refractivity contribution is 4.88. The maximum atomic E-state index is 3.85. The monoisotopic (exact) mass is 224 g/mol. The van der Waals surface area contributed by atoms with Gasteiger partial charge in [0, 0.05) is 12.6 Å². The molecule has 16 heavy (non-hydrogen) atoms. The van der Waals surface area contributed by atoms with E-state index in [-0.39, 0.29) is 0 Å². The first-order valence-electron chi connectivity index (χ1n) is 7.18. The van der Waals surface area contributed by atoms with Gasteiger partial charge in [0.2, 0.25) is 0 Å². The van der Waals surface area contributed by atoms with Crippen molar-refractivity contribution in [1.82, 2.24) is 10.6 Å². The zero-order valence-electron chi connectivity index (χ0n) is 11.0. The summed E-state index contributed by atoms with van der Waals surface area (Å²) < 4.78 is 0. The molecular weight excluding hydrogens is 196 g/mol. The fraction of sp³-hybridized carbons (Fsp3) is 1.00. The fourth-order valence-electron chi connectivity index (χ4n) is 3.37. The van der Waals surface area contributed by atoms with Crippen LogP contribution in [0.1, 0.15) is 52.4 Å². The molecule has 2 atom stereocenters. The minimum absolute atomic E-state index is 0.594. The summed E-state index contributed by atoms with van der Waals surface area (Å²) in [5.74, 6) is 0.947. The van der Waals surface area contributed by atoms with Crippen molar-refractivity contribution in [2.75, 3.05) is 19.6 Å². The summed E-state index contributed by atoms with van der Waals surface area (Å²) >= 11 is 0. The Morgan fingerprint density at radius 3 is 2.56 bits per heavy atom. The molecule has 0 spiro atoms. The van der Waals surface area contributed by atoms with E-state index in [1.54, 1.807) is 0 Å². The van der Waals surface area contributed by atoms with Crippen LogP contribution < -0.4 is 10.6 Å². The lowest BCUT2D eigenvalue weighted by Gasteiger charge is -2.38. The summed E-state index contributed by atoms with van der Waals surface area (Å²) in [5.41, 5.74) is 0.594. The molecule has 2 fully saturated rings. The van der Waals surface area contributed by atoms with Crippen LogP contribution in [0.3, 0.4) is 0 Å². The largest absolute Gasteiger partial charge is 0.317 e. The minimum atomic E-state index is 0.594. The lowest BCUT2D eigenvalue weighted by Crippen LogP contribution is -2.45. The molecule has 0 radical (unpaired) electrons. The smallest absolute Gasteiger partial charge is 0.00699 e. The third-order valence-corrected chi connectivity index (χ3v) is 4.87. The second-order valence-electron chi connectivity index (χ2n) is 6.10. The predicted molar refractivity (Wildman–Crippen MR) is 69.6 cm³/mol. The third-order valence-electron chi connectivity index (χ3n) is 4.87. The van der Waals surface area contributed by atoms with Gasteiger partial charge in [-0.25, -0.2) is 0 Å². The van der Waals surface area contributed by atoms with Gasteiger partial charge in [0.25, 0.3) is 0 Å².